The Labute approximate surface area is 183 Å². The van der Waals surface area contributed by atoms with Crippen molar-refractivity contribution < 1.29 is 9.53 Å². The lowest BCUT2D eigenvalue weighted by Gasteiger charge is -2.13. The molecule has 0 spiro atoms. The third-order valence-corrected chi connectivity index (χ3v) is 6.04. The van der Waals surface area contributed by atoms with Crippen LogP contribution >= 0.6 is 27.3 Å². The first-order valence-corrected chi connectivity index (χ1v) is 11.3. The van der Waals surface area contributed by atoms with E-state index in [2.05, 4.69) is 33.1 Å². The molecule has 5 nitrogen and oxygen atoms in total. The second kappa shape index (κ2) is 10.5. The van der Waals surface area contributed by atoms with Gasteiger partial charge in [0.25, 0.3) is 5.91 Å². The van der Waals surface area contributed by atoms with Crippen molar-refractivity contribution in [2.24, 2.45) is 0 Å². The highest BCUT2D eigenvalue weighted by Gasteiger charge is 2.18. The maximum absolute atomic E-state index is 12.8. The van der Waals surface area contributed by atoms with Gasteiger partial charge in [0.05, 0.1) is 6.61 Å². The van der Waals surface area contributed by atoms with Crippen molar-refractivity contribution in [1.82, 2.24) is 10.2 Å². The van der Waals surface area contributed by atoms with E-state index in [-0.39, 0.29) is 5.91 Å². The second-order valence-electron chi connectivity index (χ2n) is 6.69. The second-order valence-corrected chi connectivity index (χ2v) is 8.57. The summed E-state index contributed by atoms with van der Waals surface area (Å²) < 4.78 is 6.75. The number of anilines is 1. The van der Waals surface area contributed by atoms with Gasteiger partial charge in [-0.1, -0.05) is 65.6 Å². The lowest BCUT2D eigenvalue weighted by Crippen LogP contribution is -2.26. The Hall–Kier alpha value is -2.25. The number of hydrogen-bond donors (Lipinski definition) is 0. The summed E-state index contributed by atoms with van der Waals surface area (Å²) in [4.78, 5) is 14.3. The molecule has 3 aromatic rings. The quantitative estimate of drug-likeness (QED) is 0.347. The average Bonchev–Trinajstić information content (AvgIpc) is 3.24. The minimum Gasteiger partial charge on any atom is -0.494 e. The topological polar surface area (TPSA) is 55.3 Å². The molecule has 0 saturated carbocycles. The van der Waals surface area contributed by atoms with Crippen LogP contribution in [-0.4, -0.2) is 29.8 Å². The first-order chi connectivity index (χ1) is 14.1. The van der Waals surface area contributed by atoms with Crippen molar-refractivity contribution in [2.45, 2.75) is 32.6 Å². The summed E-state index contributed by atoms with van der Waals surface area (Å²) in [7, 11) is 1.71. The van der Waals surface area contributed by atoms with E-state index in [9.17, 15) is 4.79 Å². The van der Waals surface area contributed by atoms with Gasteiger partial charge in [-0.25, -0.2) is 0 Å². The lowest BCUT2D eigenvalue weighted by molar-refractivity contribution is 0.0993. The van der Waals surface area contributed by atoms with E-state index >= 15 is 0 Å². The van der Waals surface area contributed by atoms with Crippen molar-refractivity contribution in [2.75, 3.05) is 18.6 Å². The van der Waals surface area contributed by atoms with Gasteiger partial charge in [0.2, 0.25) is 5.13 Å². The fourth-order valence-electron chi connectivity index (χ4n) is 2.75. The fourth-order valence-corrected chi connectivity index (χ4v) is 3.83. The fraction of sp³-hybridized carbons (Fsp3) is 0.318. The Kier molecular flexibility index (Phi) is 7.77. The zero-order valence-electron chi connectivity index (χ0n) is 16.6. The Morgan fingerprint density at radius 1 is 1.03 bits per heavy atom. The number of rotatable bonds is 9. The van der Waals surface area contributed by atoms with E-state index in [1.165, 1.54) is 35.5 Å². The highest BCUT2D eigenvalue weighted by Crippen LogP contribution is 2.29. The molecule has 1 aromatic heterocycles. The molecular formula is C22H24BrN3O2S. The summed E-state index contributed by atoms with van der Waals surface area (Å²) in [6.45, 7) is 2.90. The lowest BCUT2D eigenvalue weighted by atomic mass is 10.2. The predicted molar refractivity (Wildman–Crippen MR) is 122 cm³/mol. The van der Waals surface area contributed by atoms with E-state index in [0.29, 0.717) is 17.3 Å². The first kappa shape index (κ1) is 21.5. The molecule has 0 bridgehead atoms. The number of carbonyl (C=O) groups is 1. The number of amides is 1. The maximum atomic E-state index is 12.8. The Balaban J connectivity index is 1.60. The predicted octanol–water partition coefficient (Wildman–Crippen LogP) is 6.20. The standard InChI is InChI=1S/C22H24BrN3O2S/c1-3-4-5-6-15-28-19-13-9-17(10-14-19)21(27)26(2)22-25-24-20(29-22)16-7-11-18(23)12-8-16/h7-14H,3-6,15H2,1-2H3. The van der Waals surface area contributed by atoms with Crippen molar-refractivity contribution >= 4 is 38.3 Å². The molecule has 0 atom stereocenters. The zero-order chi connectivity index (χ0) is 20.6. The van der Waals surface area contributed by atoms with Gasteiger partial charge in [-0.2, -0.15) is 0 Å². The monoisotopic (exact) mass is 473 g/mol. The van der Waals surface area contributed by atoms with Crippen molar-refractivity contribution in [1.29, 1.82) is 0 Å². The molecule has 0 aliphatic carbocycles. The van der Waals surface area contributed by atoms with Crippen LogP contribution in [0, 0.1) is 0 Å². The summed E-state index contributed by atoms with van der Waals surface area (Å²) in [6.07, 6.45) is 4.68. The Bertz CT molecular complexity index is 926. The van der Waals surface area contributed by atoms with Crippen LogP contribution in [0.1, 0.15) is 43.0 Å². The molecule has 0 radical (unpaired) electrons. The third-order valence-electron chi connectivity index (χ3n) is 4.46. The maximum Gasteiger partial charge on any atom is 0.259 e. The van der Waals surface area contributed by atoms with Gasteiger partial charge < -0.3 is 4.74 Å². The number of ether oxygens (including phenoxy) is 1. The van der Waals surface area contributed by atoms with Crippen LogP contribution in [0.3, 0.4) is 0 Å². The number of benzene rings is 2. The number of unbranched alkanes of at least 4 members (excludes halogenated alkanes) is 3. The smallest absolute Gasteiger partial charge is 0.259 e. The molecule has 0 aliphatic rings. The molecule has 152 valence electrons. The third kappa shape index (κ3) is 5.87. The normalized spacial score (nSPS) is 10.7. The van der Waals surface area contributed by atoms with Crippen molar-refractivity contribution in [3.63, 3.8) is 0 Å². The highest BCUT2D eigenvalue weighted by atomic mass is 79.9. The van der Waals surface area contributed by atoms with Crippen LogP contribution in [0.25, 0.3) is 10.6 Å². The Morgan fingerprint density at radius 2 is 1.76 bits per heavy atom. The molecule has 2 aromatic carbocycles. The summed E-state index contributed by atoms with van der Waals surface area (Å²) in [6, 6.07) is 15.1. The molecule has 0 fully saturated rings. The van der Waals surface area contributed by atoms with Gasteiger partial charge in [-0.05, 0) is 42.8 Å². The molecule has 29 heavy (non-hydrogen) atoms. The minimum absolute atomic E-state index is 0.127. The number of aromatic nitrogens is 2. The van der Waals surface area contributed by atoms with Gasteiger partial charge in [0, 0.05) is 22.6 Å². The van der Waals surface area contributed by atoms with Crippen LogP contribution in [0.2, 0.25) is 0 Å². The average molecular weight is 474 g/mol. The van der Waals surface area contributed by atoms with Gasteiger partial charge in [-0.15, -0.1) is 10.2 Å². The van der Waals surface area contributed by atoms with Gasteiger partial charge in [0.15, 0.2) is 0 Å². The van der Waals surface area contributed by atoms with Crippen LogP contribution in [-0.2, 0) is 0 Å². The molecule has 1 amide bonds. The van der Waals surface area contributed by atoms with Gasteiger partial charge in [-0.3, -0.25) is 9.69 Å². The van der Waals surface area contributed by atoms with E-state index in [1.54, 1.807) is 19.2 Å². The number of hydrogen-bond acceptors (Lipinski definition) is 5. The molecule has 0 unspecified atom stereocenters. The van der Waals surface area contributed by atoms with Gasteiger partial charge >= 0.3 is 0 Å². The van der Waals surface area contributed by atoms with E-state index in [0.717, 1.165) is 27.2 Å². The molecule has 1 heterocycles. The van der Waals surface area contributed by atoms with Gasteiger partial charge in [0.1, 0.15) is 10.8 Å². The first-order valence-electron chi connectivity index (χ1n) is 9.69. The summed E-state index contributed by atoms with van der Waals surface area (Å²) >= 11 is 4.81. The summed E-state index contributed by atoms with van der Waals surface area (Å²) in [5, 5.41) is 9.74. The summed E-state index contributed by atoms with van der Waals surface area (Å²) in [5.41, 5.74) is 1.56. The number of carbonyl (C=O) groups excluding carboxylic acids is 1. The molecule has 0 N–H and O–H groups in total. The zero-order valence-corrected chi connectivity index (χ0v) is 19.0. The van der Waals surface area contributed by atoms with E-state index < -0.39 is 0 Å². The van der Waals surface area contributed by atoms with Crippen molar-refractivity contribution in [3.8, 4) is 16.3 Å². The number of halogens is 1. The number of nitrogens with zero attached hydrogens (tertiary/aromatic N) is 3. The van der Waals surface area contributed by atoms with Crippen molar-refractivity contribution in [3.05, 3.63) is 58.6 Å². The molecular weight excluding hydrogens is 450 g/mol. The Morgan fingerprint density at radius 3 is 2.45 bits per heavy atom. The van der Waals surface area contributed by atoms with E-state index in [1.807, 2.05) is 36.4 Å². The van der Waals surface area contributed by atoms with Crippen LogP contribution in [0.4, 0.5) is 5.13 Å². The molecule has 3 rings (SSSR count). The highest BCUT2D eigenvalue weighted by molar-refractivity contribution is 9.10. The largest absolute Gasteiger partial charge is 0.494 e. The SMILES string of the molecule is CCCCCCOc1ccc(C(=O)N(C)c2nnc(-c3ccc(Br)cc3)s2)cc1. The van der Waals surface area contributed by atoms with Crippen LogP contribution in [0.15, 0.2) is 53.0 Å². The molecule has 0 aliphatic heterocycles. The van der Waals surface area contributed by atoms with Crippen LogP contribution < -0.4 is 9.64 Å². The molecule has 7 heteroatoms. The molecule has 0 saturated heterocycles. The summed E-state index contributed by atoms with van der Waals surface area (Å²) in [5.74, 6) is 0.659. The van der Waals surface area contributed by atoms with Crippen LogP contribution in [0.5, 0.6) is 5.75 Å². The van der Waals surface area contributed by atoms with E-state index in [4.69, 9.17) is 4.74 Å². The minimum atomic E-state index is -0.127.